The third kappa shape index (κ3) is 3.73. The molecule has 1 aromatic carbocycles. The van der Waals surface area contributed by atoms with Crippen molar-refractivity contribution in [1.29, 1.82) is 0 Å². The van der Waals surface area contributed by atoms with Crippen LogP contribution < -0.4 is 10.1 Å². The predicted octanol–water partition coefficient (Wildman–Crippen LogP) is 1.93. The average molecular weight is 276 g/mol. The first-order valence-corrected chi connectivity index (χ1v) is 7.30. The molecule has 0 aromatic heterocycles. The molecule has 1 heterocycles. The number of carbonyl (C=O) groups excluding carboxylic acids is 1. The Balaban J connectivity index is 1.90. The fourth-order valence-corrected chi connectivity index (χ4v) is 2.54. The third-order valence-electron chi connectivity index (χ3n) is 3.70. The number of benzene rings is 1. The highest BCUT2D eigenvalue weighted by Crippen LogP contribution is 2.23. The minimum absolute atomic E-state index is 0.0667. The van der Waals surface area contributed by atoms with Crippen LogP contribution in [0.2, 0.25) is 0 Å². The quantitative estimate of drug-likeness (QED) is 0.913. The van der Waals surface area contributed by atoms with Crippen LogP contribution in [0.4, 0.5) is 0 Å². The summed E-state index contributed by atoms with van der Waals surface area (Å²) in [5, 5.41) is 3.23. The molecule has 1 aliphatic rings. The molecule has 20 heavy (non-hydrogen) atoms. The van der Waals surface area contributed by atoms with E-state index in [0.717, 1.165) is 31.9 Å². The van der Waals surface area contributed by atoms with Crippen molar-refractivity contribution >= 4 is 5.91 Å². The number of rotatable bonds is 4. The third-order valence-corrected chi connectivity index (χ3v) is 3.70. The second-order valence-electron chi connectivity index (χ2n) is 5.59. The van der Waals surface area contributed by atoms with Crippen molar-refractivity contribution < 1.29 is 9.53 Å². The van der Waals surface area contributed by atoms with Crippen LogP contribution in [0.5, 0.6) is 5.75 Å². The molecule has 4 nitrogen and oxygen atoms in total. The first-order valence-electron chi connectivity index (χ1n) is 7.30. The summed E-state index contributed by atoms with van der Waals surface area (Å²) in [6, 6.07) is 6.05. The van der Waals surface area contributed by atoms with Gasteiger partial charge in [0, 0.05) is 26.2 Å². The van der Waals surface area contributed by atoms with Gasteiger partial charge in [0.2, 0.25) is 0 Å². The van der Waals surface area contributed by atoms with Crippen LogP contribution >= 0.6 is 0 Å². The van der Waals surface area contributed by atoms with E-state index in [1.807, 2.05) is 17.0 Å². The van der Waals surface area contributed by atoms with Crippen molar-refractivity contribution in [2.75, 3.05) is 32.8 Å². The molecule has 0 saturated carbocycles. The lowest BCUT2D eigenvalue weighted by Crippen LogP contribution is -2.47. The smallest absolute Gasteiger partial charge is 0.260 e. The highest BCUT2D eigenvalue weighted by Gasteiger charge is 2.16. The summed E-state index contributed by atoms with van der Waals surface area (Å²) in [7, 11) is 0. The number of amides is 1. The molecule has 0 aliphatic carbocycles. The standard InChI is InChI=1S/C16H24N2O2/c1-12(2)15-5-4-14(10-13(15)3)20-11-16(19)18-8-6-17-7-9-18/h4-5,10,12,17H,6-9,11H2,1-3H3. The van der Waals surface area contributed by atoms with Crippen LogP contribution in [0.1, 0.15) is 30.9 Å². The number of hydrogen-bond donors (Lipinski definition) is 1. The molecule has 2 rings (SSSR count). The number of ether oxygens (including phenoxy) is 1. The summed E-state index contributed by atoms with van der Waals surface area (Å²) >= 11 is 0. The number of nitrogens with one attached hydrogen (secondary N) is 1. The Morgan fingerprint density at radius 1 is 1.35 bits per heavy atom. The molecule has 1 saturated heterocycles. The van der Waals surface area contributed by atoms with Crippen LogP contribution in [0.25, 0.3) is 0 Å². The van der Waals surface area contributed by atoms with Gasteiger partial charge in [-0.2, -0.15) is 0 Å². The largest absolute Gasteiger partial charge is 0.484 e. The van der Waals surface area contributed by atoms with Crippen LogP contribution in [0.15, 0.2) is 18.2 Å². The zero-order valence-electron chi connectivity index (χ0n) is 12.6. The van der Waals surface area contributed by atoms with E-state index in [9.17, 15) is 4.79 Å². The topological polar surface area (TPSA) is 41.6 Å². The molecule has 0 spiro atoms. The van der Waals surface area contributed by atoms with Crippen molar-refractivity contribution in [2.45, 2.75) is 26.7 Å². The second-order valence-corrected chi connectivity index (χ2v) is 5.59. The maximum atomic E-state index is 12.0. The lowest BCUT2D eigenvalue weighted by atomic mass is 9.98. The fraction of sp³-hybridized carbons (Fsp3) is 0.562. The summed E-state index contributed by atoms with van der Waals surface area (Å²) in [5.41, 5.74) is 2.54. The van der Waals surface area contributed by atoms with Gasteiger partial charge in [0.1, 0.15) is 5.75 Å². The molecular weight excluding hydrogens is 252 g/mol. The molecule has 0 radical (unpaired) electrons. The Kier molecular flexibility index (Phi) is 5.01. The molecule has 0 bridgehead atoms. The lowest BCUT2D eigenvalue weighted by Gasteiger charge is -2.27. The van der Waals surface area contributed by atoms with E-state index >= 15 is 0 Å². The van der Waals surface area contributed by atoms with E-state index < -0.39 is 0 Å². The van der Waals surface area contributed by atoms with Gasteiger partial charge < -0.3 is 15.0 Å². The number of nitrogens with zero attached hydrogens (tertiary/aromatic N) is 1. The Hall–Kier alpha value is -1.55. The van der Waals surface area contributed by atoms with Gasteiger partial charge in [0.05, 0.1) is 0 Å². The normalized spacial score (nSPS) is 15.5. The van der Waals surface area contributed by atoms with Crippen molar-refractivity contribution in [3.63, 3.8) is 0 Å². The fourth-order valence-electron chi connectivity index (χ4n) is 2.54. The number of aryl methyl sites for hydroxylation is 1. The summed E-state index contributed by atoms with van der Waals surface area (Å²) in [6.45, 7) is 9.84. The Morgan fingerprint density at radius 2 is 2.05 bits per heavy atom. The second kappa shape index (κ2) is 6.75. The van der Waals surface area contributed by atoms with Crippen molar-refractivity contribution in [1.82, 2.24) is 10.2 Å². The molecule has 1 N–H and O–H groups in total. The zero-order chi connectivity index (χ0) is 14.5. The summed E-state index contributed by atoms with van der Waals surface area (Å²) < 4.78 is 5.62. The van der Waals surface area contributed by atoms with Gasteiger partial charge in [-0.15, -0.1) is 0 Å². The number of carbonyl (C=O) groups is 1. The van der Waals surface area contributed by atoms with E-state index in [0.29, 0.717) is 5.92 Å². The first kappa shape index (κ1) is 14.9. The van der Waals surface area contributed by atoms with Gasteiger partial charge in [-0.1, -0.05) is 19.9 Å². The van der Waals surface area contributed by atoms with E-state index in [1.54, 1.807) is 0 Å². The molecule has 4 heteroatoms. The molecule has 1 aromatic rings. The highest BCUT2D eigenvalue weighted by molar-refractivity contribution is 5.77. The van der Waals surface area contributed by atoms with E-state index in [-0.39, 0.29) is 12.5 Å². The summed E-state index contributed by atoms with van der Waals surface area (Å²) in [4.78, 5) is 13.9. The van der Waals surface area contributed by atoms with Crippen molar-refractivity contribution in [3.8, 4) is 5.75 Å². The SMILES string of the molecule is Cc1cc(OCC(=O)N2CCNCC2)ccc1C(C)C. The van der Waals surface area contributed by atoms with Gasteiger partial charge in [-0.25, -0.2) is 0 Å². The van der Waals surface area contributed by atoms with Gasteiger partial charge in [-0.3, -0.25) is 4.79 Å². The lowest BCUT2D eigenvalue weighted by molar-refractivity contribution is -0.133. The monoisotopic (exact) mass is 276 g/mol. The Bertz CT molecular complexity index is 466. The minimum atomic E-state index is 0.0667. The molecular formula is C16H24N2O2. The predicted molar refractivity (Wildman–Crippen MR) is 80.2 cm³/mol. The highest BCUT2D eigenvalue weighted by atomic mass is 16.5. The van der Waals surface area contributed by atoms with E-state index in [1.165, 1.54) is 11.1 Å². The van der Waals surface area contributed by atoms with Crippen molar-refractivity contribution in [2.24, 2.45) is 0 Å². The number of hydrogen-bond acceptors (Lipinski definition) is 3. The molecule has 110 valence electrons. The summed E-state index contributed by atoms with van der Waals surface area (Å²) in [6.07, 6.45) is 0. The number of piperazine rings is 1. The van der Waals surface area contributed by atoms with Gasteiger partial charge in [0.15, 0.2) is 6.61 Å². The molecule has 1 aliphatic heterocycles. The minimum Gasteiger partial charge on any atom is -0.484 e. The molecule has 1 fully saturated rings. The Labute approximate surface area is 121 Å². The maximum absolute atomic E-state index is 12.0. The summed E-state index contributed by atoms with van der Waals surface area (Å²) in [5.74, 6) is 1.35. The van der Waals surface area contributed by atoms with E-state index in [2.05, 4.69) is 32.2 Å². The van der Waals surface area contributed by atoms with E-state index in [4.69, 9.17) is 4.74 Å². The van der Waals surface area contributed by atoms with Crippen LogP contribution in [0.3, 0.4) is 0 Å². The van der Waals surface area contributed by atoms with Crippen LogP contribution in [0, 0.1) is 6.92 Å². The van der Waals surface area contributed by atoms with Crippen LogP contribution in [-0.4, -0.2) is 43.6 Å². The van der Waals surface area contributed by atoms with Gasteiger partial charge in [0.25, 0.3) is 5.91 Å². The van der Waals surface area contributed by atoms with Crippen LogP contribution in [-0.2, 0) is 4.79 Å². The maximum Gasteiger partial charge on any atom is 0.260 e. The van der Waals surface area contributed by atoms with Gasteiger partial charge in [-0.05, 0) is 36.1 Å². The zero-order valence-corrected chi connectivity index (χ0v) is 12.6. The Morgan fingerprint density at radius 3 is 2.65 bits per heavy atom. The molecule has 0 atom stereocenters. The van der Waals surface area contributed by atoms with Gasteiger partial charge >= 0.3 is 0 Å². The molecule has 1 amide bonds. The average Bonchev–Trinajstić information content (AvgIpc) is 2.45. The first-order chi connectivity index (χ1) is 9.58. The van der Waals surface area contributed by atoms with Crippen molar-refractivity contribution in [3.05, 3.63) is 29.3 Å². The molecule has 0 unspecified atom stereocenters.